The summed E-state index contributed by atoms with van der Waals surface area (Å²) in [4.78, 5) is 34.3. The molecule has 0 radical (unpaired) electrons. The fourth-order valence-corrected chi connectivity index (χ4v) is 2.02. The number of carbonyl (C=O) groups is 3. The summed E-state index contributed by atoms with van der Waals surface area (Å²) < 4.78 is 0. The number of allylic oxidation sites excluding steroid dienone is 4. The highest BCUT2D eigenvalue weighted by atomic mass is 16.4. The summed E-state index contributed by atoms with van der Waals surface area (Å²) in [6.45, 7) is 1.74. The molecule has 0 fully saturated rings. The summed E-state index contributed by atoms with van der Waals surface area (Å²) in [5.74, 6) is -1.45. The van der Waals surface area contributed by atoms with Gasteiger partial charge in [0.05, 0.1) is 5.56 Å². The zero-order chi connectivity index (χ0) is 14.7. The molecule has 1 aliphatic carbocycles. The van der Waals surface area contributed by atoms with Crippen LogP contribution in [-0.4, -0.2) is 22.6 Å². The predicted octanol–water partition coefficient (Wildman–Crippen LogP) is 2.20. The molecule has 20 heavy (non-hydrogen) atoms. The fourth-order valence-electron chi connectivity index (χ4n) is 2.02. The van der Waals surface area contributed by atoms with E-state index in [1.54, 1.807) is 25.1 Å². The molecule has 0 saturated carbocycles. The maximum absolute atomic E-state index is 12.1. The lowest BCUT2D eigenvalue weighted by atomic mass is 9.92. The average molecular weight is 270 g/mol. The van der Waals surface area contributed by atoms with Gasteiger partial charge < -0.3 is 5.11 Å². The minimum atomic E-state index is -1.02. The van der Waals surface area contributed by atoms with Gasteiger partial charge in [0.15, 0.2) is 11.6 Å². The minimum absolute atomic E-state index is 0.0191. The van der Waals surface area contributed by atoms with Crippen molar-refractivity contribution in [2.24, 2.45) is 5.92 Å². The lowest BCUT2D eigenvalue weighted by Gasteiger charge is -2.10. The Hall–Kier alpha value is -2.49. The Morgan fingerprint density at radius 1 is 1.25 bits per heavy atom. The van der Waals surface area contributed by atoms with Crippen molar-refractivity contribution in [1.29, 1.82) is 0 Å². The van der Waals surface area contributed by atoms with Gasteiger partial charge in [-0.25, -0.2) is 4.79 Å². The highest BCUT2D eigenvalue weighted by molar-refractivity contribution is 6.05. The molecule has 1 unspecified atom stereocenters. The molecule has 0 bridgehead atoms. The van der Waals surface area contributed by atoms with Crippen LogP contribution in [0.15, 0.2) is 48.1 Å². The molecule has 0 aliphatic heterocycles. The molecule has 1 N–H and O–H groups in total. The monoisotopic (exact) mass is 270 g/mol. The van der Waals surface area contributed by atoms with E-state index >= 15 is 0 Å². The van der Waals surface area contributed by atoms with Gasteiger partial charge in [0.1, 0.15) is 0 Å². The Bertz CT molecular complexity index is 638. The van der Waals surface area contributed by atoms with Gasteiger partial charge in [0, 0.05) is 17.9 Å². The lowest BCUT2D eigenvalue weighted by Crippen LogP contribution is -2.14. The summed E-state index contributed by atoms with van der Waals surface area (Å²) in [6, 6.07) is 6.30. The van der Waals surface area contributed by atoms with Crippen LogP contribution < -0.4 is 0 Å². The van der Waals surface area contributed by atoms with Crippen molar-refractivity contribution in [3.63, 3.8) is 0 Å². The van der Waals surface area contributed by atoms with Crippen molar-refractivity contribution < 1.29 is 19.5 Å². The maximum atomic E-state index is 12.1. The SMILES string of the molecule is CC1C=C(C(=O)Cc2cccc(C(=O)O)c2)C=CC1=O. The molecule has 1 aliphatic rings. The third-order valence-electron chi connectivity index (χ3n) is 3.17. The molecule has 102 valence electrons. The van der Waals surface area contributed by atoms with E-state index in [1.807, 2.05) is 0 Å². The number of hydrogen-bond donors (Lipinski definition) is 1. The second kappa shape index (κ2) is 5.65. The van der Waals surface area contributed by atoms with Gasteiger partial charge in [-0.15, -0.1) is 0 Å². The summed E-state index contributed by atoms with van der Waals surface area (Å²) in [5, 5.41) is 8.91. The number of aromatic carboxylic acids is 1. The number of Topliss-reactive ketones (excluding diaryl/α,β-unsaturated/α-hetero) is 1. The highest BCUT2D eigenvalue weighted by Gasteiger charge is 2.17. The number of ketones is 2. The third kappa shape index (κ3) is 3.09. The van der Waals surface area contributed by atoms with E-state index in [9.17, 15) is 14.4 Å². The fraction of sp³-hybridized carbons (Fsp3) is 0.188. The molecule has 1 aromatic carbocycles. The van der Waals surface area contributed by atoms with Gasteiger partial charge in [0.2, 0.25) is 0 Å². The first kappa shape index (κ1) is 13.9. The average Bonchev–Trinajstić information content (AvgIpc) is 2.42. The van der Waals surface area contributed by atoms with Crippen molar-refractivity contribution >= 4 is 17.5 Å². The first-order valence-electron chi connectivity index (χ1n) is 6.26. The normalized spacial score (nSPS) is 17.8. The molecule has 0 heterocycles. The third-order valence-corrected chi connectivity index (χ3v) is 3.17. The molecule has 0 spiro atoms. The molecule has 4 nitrogen and oxygen atoms in total. The van der Waals surface area contributed by atoms with E-state index < -0.39 is 5.97 Å². The Morgan fingerprint density at radius 3 is 2.65 bits per heavy atom. The van der Waals surface area contributed by atoms with E-state index in [2.05, 4.69) is 0 Å². The van der Waals surface area contributed by atoms with Gasteiger partial charge in [-0.1, -0.05) is 25.1 Å². The van der Waals surface area contributed by atoms with Gasteiger partial charge in [0.25, 0.3) is 0 Å². The van der Waals surface area contributed by atoms with Gasteiger partial charge >= 0.3 is 5.97 Å². The van der Waals surface area contributed by atoms with Crippen molar-refractivity contribution in [2.75, 3.05) is 0 Å². The molecule has 0 saturated heterocycles. The van der Waals surface area contributed by atoms with Crippen LogP contribution in [0.4, 0.5) is 0 Å². The molecule has 1 aromatic rings. The van der Waals surface area contributed by atoms with Crippen LogP contribution in [0.25, 0.3) is 0 Å². The van der Waals surface area contributed by atoms with Crippen LogP contribution in [-0.2, 0) is 16.0 Å². The quantitative estimate of drug-likeness (QED) is 0.910. The van der Waals surface area contributed by atoms with Crippen molar-refractivity contribution in [1.82, 2.24) is 0 Å². The van der Waals surface area contributed by atoms with Crippen LogP contribution in [0, 0.1) is 5.92 Å². The van der Waals surface area contributed by atoms with Crippen molar-refractivity contribution in [3.05, 3.63) is 59.2 Å². The molecule has 4 heteroatoms. The van der Waals surface area contributed by atoms with Crippen molar-refractivity contribution in [2.45, 2.75) is 13.3 Å². The van der Waals surface area contributed by atoms with Crippen LogP contribution in [0.1, 0.15) is 22.8 Å². The second-order valence-electron chi connectivity index (χ2n) is 4.75. The van der Waals surface area contributed by atoms with E-state index in [0.717, 1.165) is 0 Å². The molecule has 0 amide bonds. The van der Waals surface area contributed by atoms with Gasteiger partial charge in [-0.05, 0) is 29.8 Å². The minimum Gasteiger partial charge on any atom is -0.478 e. The maximum Gasteiger partial charge on any atom is 0.335 e. The van der Waals surface area contributed by atoms with E-state index in [1.165, 1.54) is 24.3 Å². The summed E-state index contributed by atoms with van der Waals surface area (Å²) in [7, 11) is 0. The molecule has 0 aromatic heterocycles. The summed E-state index contributed by atoms with van der Waals surface area (Å²) in [5.41, 5.74) is 1.30. The second-order valence-corrected chi connectivity index (χ2v) is 4.75. The van der Waals surface area contributed by atoms with Gasteiger partial charge in [-0.2, -0.15) is 0 Å². The smallest absolute Gasteiger partial charge is 0.335 e. The topological polar surface area (TPSA) is 71.4 Å². The number of rotatable bonds is 4. The Balaban J connectivity index is 2.15. The van der Waals surface area contributed by atoms with Crippen LogP contribution in [0.5, 0.6) is 0 Å². The molecule has 1 atom stereocenters. The van der Waals surface area contributed by atoms with E-state index in [4.69, 9.17) is 5.11 Å². The Labute approximate surface area is 116 Å². The number of carbonyl (C=O) groups excluding carboxylic acids is 2. The lowest BCUT2D eigenvalue weighted by molar-refractivity contribution is -0.116. The predicted molar refractivity (Wildman–Crippen MR) is 73.5 cm³/mol. The molecular formula is C16H14O4. The highest BCUT2D eigenvalue weighted by Crippen LogP contribution is 2.16. The molecular weight excluding hydrogens is 256 g/mol. The van der Waals surface area contributed by atoms with Gasteiger partial charge in [-0.3, -0.25) is 9.59 Å². The Morgan fingerprint density at radius 2 is 2.00 bits per heavy atom. The number of benzene rings is 1. The number of carboxylic acids is 1. The van der Waals surface area contributed by atoms with Crippen LogP contribution in [0.2, 0.25) is 0 Å². The summed E-state index contributed by atoms with van der Waals surface area (Å²) >= 11 is 0. The van der Waals surface area contributed by atoms with Crippen LogP contribution >= 0.6 is 0 Å². The number of carboxylic acid groups (broad SMARTS) is 1. The van der Waals surface area contributed by atoms with Crippen molar-refractivity contribution in [3.8, 4) is 0 Å². The standard InChI is InChI=1S/C16H14O4/c1-10-7-12(5-6-14(10)17)15(18)9-11-3-2-4-13(8-11)16(19)20/h2-8,10H,9H2,1H3,(H,19,20). The summed E-state index contributed by atoms with van der Waals surface area (Å²) in [6.07, 6.45) is 4.70. The van der Waals surface area contributed by atoms with E-state index in [0.29, 0.717) is 11.1 Å². The Kier molecular flexibility index (Phi) is 3.94. The van der Waals surface area contributed by atoms with Crippen LogP contribution in [0.3, 0.4) is 0 Å². The first-order chi connectivity index (χ1) is 9.47. The zero-order valence-corrected chi connectivity index (χ0v) is 11.0. The zero-order valence-electron chi connectivity index (χ0n) is 11.0. The number of hydrogen-bond acceptors (Lipinski definition) is 3. The largest absolute Gasteiger partial charge is 0.478 e. The first-order valence-corrected chi connectivity index (χ1v) is 6.26. The molecule has 2 rings (SSSR count). The van der Waals surface area contributed by atoms with E-state index in [-0.39, 0.29) is 29.5 Å².